The van der Waals surface area contributed by atoms with Gasteiger partial charge in [0.25, 0.3) is 0 Å². The van der Waals surface area contributed by atoms with Gasteiger partial charge in [-0.15, -0.1) is 11.3 Å². The maximum atomic E-state index is 12.6. The number of carbonyl (C=O) groups excluding carboxylic acids is 1. The number of thiazole rings is 1. The molecule has 1 unspecified atom stereocenters. The van der Waals surface area contributed by atoms with Crippen LogP contribution in [0.2, 0.25) is 0 Å². The van der Waals surface area contributed by atoms with Crippen molar-refractivity contribution >= 4 is 29.3 Å². The first kappa shape index (κ1) is 29.7. The summed E-state index contributed by atoms with van der Waals surface area (Å²) < 4.78 is 5.22. The van der Waals surface area contributed by atoms with E-state index >= 15 is 0 Å². The van der Waals surface area contributed by atoms with Crippen LogP contribution in [0, 0.1) is 0 Å². The zero-order chi connectivity index (χ0) is 29.0. The second-order valence-electron chi connectivity index (χ2n) is 9.97. The molecule has 212 valence electrons. The summed E-state index contributed by atoms with van der Waals surface area (Å²) in [5.41, 5.74) is 7.96. The van der Waals surface area contributed by atoms with E-state index in [0.717, 1.165) is 39.2 Å². The van der Waals surface area contributed by atoms with Crippen molar-refractivity contribution in [2.75, 3.05) is 6.61 Å². The van der Waals surface area contributed by atoms with E-state index in [0.29, 0.717) is 5.75 Å². The predicted octanol–water partition coefficient (Wildman–Crippen LogP) is 7.95. The largest absolute Gasteiger partial charge is 0.482 e. The van der Waals surface area contributed by atoms with Crippen molar-refractivity contribution in [2.24, 2.45) is 0 Å². The number of carbonyl (C=O) groups is 2. The summed E-state index contributed by atoms with van der Waals surface area (Å²) in [5, 5.41) is 11.8. The number of nitrogens with zero attached hydrogens (tertiary/aromatic N) is 1. The van der Waals surface area contributed by atoms with Crippen LogP contribution in [-0.4, -0.2) is 28.6 Å². The third-order valence-corrected chi connectivity index (χ3v) is 7.69. The number of hydrogen-bond acceptors (Lipinski definition) is 5. The molecule has 4 rings (SSSR count). The molecule has 41 heavy (non-hydrogen) atoms. The van der Waals surface area contributed by atoms with Gasteiger partial charge in [0.2, 0.25) is 5.91 Å². The van der Waals surface area contributed by atoms with Crippen molar-refractivity contribution in [2.45, 2.75) is 52.0 Å². The van der Waals surface area contributed by atoms with Crippen LogP contribution in [0.3, 0.4) is 0 Å². The van der Waals surface area contributed by atoms with E-state index in [4.69, 9.17) is 9.84 Å². The van der Waals surface area contributed by atoms with Gasteiger partial charge in [0.1, 0.15) is 5.75 Å². The van der Waals surface area contributed by atoms with Crippen molar-refractivity contribution < 1.29 is 19.4 Å². The van der Waals surface area contributed by atoms with Crippen LogP contribution in [0.1, 0.15) is 62.3 Å². The highest BCUT2D eigenvalue weighted by atomic mass is 32.1. The first-order chi connectivity index (χ1) is 19.9. The minimum atomic E-state index is -1.02. The number of amides is 1. The van der Waals surface area contributed by atoms with Crippen LogP contribution < -0.4 is 10.1 Å². The van der Waals surface area contributed by atoms with E-state index < -0.39 is 5.97 Å². The second kappa shape index (κ2) is 15.0. The zero-order valence-electron chi connectivity index (χ0n) is 23.5. The van der Waals surface area contributed by atoms with E-state index in [9.17, 15) is 9.59 Å². The Balaban J connectivity index is 1.32. The van der Waals surface area contributed by atoms with Crippen molar-refractivity contribution in [3.8, 4) is 27.4 Å². The molecule has 0 aliphatic heterocycles. The monoisotopic (exact) mass is 568 g/mol. The standard InChI is InChI=1S/C34H36N2O4S/c1-3-4-5-6-7-25-8-13-27(14-9-25)24(2)36-31(37)21-12-26-10-15-29(16-11-26)34-33(35-23-41-34)28-17-19-30(20-18-28)40-22-32(38)39/h8-21,23-24H,3-7,22H2,1-2H3,(H,36,37)(H,38,39). The molecular weight excluding hydrogens is 532 g/mol. The number of rotatable bonds is 14. The minimum Gasteiger partial charge on any atom is -0.482 e. The Bertz CT molecular complexity index is 1440. The number of hydrogen-bond donors (Lipinski definition) is 2. The van der Waals surface area contributed by atoms with Crippen LogP contribution in [0.4, 0.5) is 0 Å². The summed E-state index contributed by atoms with van der Waals surface area (Å²) in [6, 6.07) is 23.7. The molecule has 1 amide bonds. The van der Waals surface area contributed by atoms with E-state index in [1.165, 1.54) is 31.2 Å². The molecule has 0 saturated heterocycles. The molecule has 1 aromatic heterocycles. The molecule has 3 aromatic carbocycles. The van der Waals surface area contributed by atoms with Gasteiger partial charge in [-0.2, -0.15) is 0 Å². The molecule has 0 radical (unpaired) electrons. The molecule has 1 heterocycles. The smallest absolute Gasteiger partial charge is 0.341 e. The topological polar surface area (TPSA) is 88.5 Å². The summed E-state index contributed by atoms with van der Waals surface area (Å²) >= 11 is 1.55. The molecule has 0 aliphatic carbocycles. The summed E-state index contributed by atoms with van der Waals surface area (Å²) in [6.07, 6.45) is 9.51. The van der Waals surface area contributed by atoms with Crippen molar-refractivity contribution in [3.05, 3.63) is 101 Å². The molecule has 1 atom stereocenters. The molecule has 0 aliphatic rings. The maximum Gasteiger partial charge on any atom is 0.341 e. The van der Waals surface area contributed by atoms with E-state index in [-0.39, 0.29) is 18.6 Å². The highest BCUT2D eigenvalue weighted by molar-refractivity contribution is 7.13. The molecule has 6 nitrogen and oxygen atoms in total. The molecule has 2 N–H and O–H groups in total. The Morgan fingerprint density at radius 2 is 1.66 bits per heavy atom. The second-order valence-corrected chi connectivity index (χ2v) is 10.8. The lowest BCUT2D eigenvalue weighted by Gasteiger charge is -2.13. The number of aliphatic carboxylic acids is 1. The Labute approximate surface area is 245 Å². The first-order valence-corrected chi connectivity index (χ1v) is 14.9. The number of ether oxygens (including phenoxy) is 1. The third kappa shape index (κ3) is 8.88. The Kier molecular flexibility index (Phi) is 10.9. The molecule has 0 bridgehead atoms. The van der Waals surface area contributed by atoms with E-state index in [1.54, 1.807) is 35.1 Å². The van der Waals surface area contributed by atoms with Gasteiger partial charge >= 0.3 is 5.97 Å². The quantitative estimate of drug-likeness (QED) is 0.119. The average Bonchev–Trinajstić information content (AvgIpc) is 3.48. The van der Waals surface area contributed by atoms with Gasteiger partial charge < -0.3 is 15.2 Å². The first-order valence-electron chi connectivity index (χ1n) is 14.0. The Morgan fingerprint density at radius 1 is 0.951 bits per heavy atom. The maximum absolute atomic E-state index is 12.6. The van der Waals surface area contributed by atoms with Gasteiger partial charge in [-0.1, -0.05) is 74.7 Å². The molecule has 4 aromatic rings. The number of carboxylic acid groups (broad SMARTS) is 1. The zero-order valence-corrected chi connectivity index (χ0v) is 24.3. The fourth-order valence-corrected chi connectivity index (χ4v) is 5.32. The number of unbranched alkanes of at least 4 members (excludes halogenated alkanes) is 3. The van der Waals surface area contributed by atoms with Gasteiger partial charge in [-0.05, 0) is 72.4 Å². The van der Waals surface area contributed by atoms with Crippen molar-refractivity contribution in [1.29, 1.82) is 0 Å². The van der Waals surface area contributed by atoms with Crippen LogP contribution in [0.15, 0.2) is 84.4 Å². The van der Waals surface area contributed by atoms with Crippen molar-refractivity contribution in [1.82, 2.24) is 10.3 Å². The fourth-order valence-electron chi connectivity index (χ4n) is 4.50. The highest BCUT2D eigenvalue weighted by Crippen LogP contribution is 2.35. The van der Waals surface area contributed by atoms with Gasteiger partial charge in [-0.3, -0.25) is 4.79 Å². The van der Waals surface area contributed by atoms with Crippen LogP contribution >= 0.6 is 11.3 Å². The number of aromatic nitrogens is 1. The number of carboxylic acids is 1. The Morgan fingerprint density at radius 3 is 2.34 bits per heavy atom. The van der Waals surface area contributed by atoms with Gasteiger partial charge in [0.05, 0.1) is 22.1 Å². The normalized spacial score (nSPS) is 11.9. The van der Waals surface area contributed by atoms with Crippen LogP contribution in [0.5, 0.6) is 5.75 Å². The predicted molar refractivity (Wildman–Crippen MR) is 166 cm³/mol. The SMILES string of the molecule is CCCCCCc1ccc(C(C)NC(=O)C=Cc2ccc(-c3scnc3-c3ccc(OCC(=O)O)cc3)cc2)cc1. The molecule has 0 spiro atoms. The van der Waals surface area contributed by atoms with Gasteiger partial charge in [-0.25, -0.2) is 9.78 Å². The van der Waals surface area contributed by atoms with E-state index in [1.807, 2.05) is 49.4 Å². The lowest BCUT2D eigenvalue weighted by molar-refractivity contribution is -0.139. The summed E-state index contributed by atoms with van der Waals surface area (Å²) in [6.45, 7) is 3.85. The Hall–Kier alpha value is -4.23. The van der Waals surface area contributed by atoms with Gasteiger partial charge in [0.15, 0.2) is 6.61 Å². The lowest BCUT2D eigenvalue weighted by atomic mass is 10.0. The van der Waals surface area contributed by atoms with Crippen LogP contribution in [0.25, 0.3) is 27.8 Å². The average molecular weight is 569 g/mol. The summed E-state index contributed by atoms with van der Waals surface area (Å²) in [7, 11) is 0. The lowest BCUT2D eigenvalue weighted by Crippen LogP contribution is -2.24. The fraction of sp³-hybridized carbons (Fsp3) is 0.265. The summed E-state index contributed by atoms with van der Waals surface area (Å²) in [5.74, 6) is -0.655. The number of nitrogens with one attached hydrogen (secondary N) is 1. The third-order valence-electron chi connectivity index (χ3n) is 6.82. The van der Waals surface area contributed by atoms with Crippen LogP contribution in [-0.2, 0) is 16.0 Å². The number of benzene rings is 3. The molecular formula is C34H36N2O4S. The highest BCUT2D eigenvalue weighted by Gasteiger charge is 2.12. The molecule has 0 fully saturated rings. The van der Waals surface area contributed by atoms with Gasteiger partial charge in [0, 0.05) is 11.6 Å². The number of aryl methyl sites for hydroxylation is 1. The molecule has 7 heteroatoms. The van der Waals surface area contributed by atoms with E-state index in [2.05, 4.69) is 41.5 Å². The van der Waals surface area contributed by atoms with Crippen molar-refractivity contribution in [3.63, 3.8) is 0 Å². The summed E-state index contributed by atoms with van der Waals surface area (Å²) in [4.78, 5) is 28.9. The minimum absolute atomic E-state index is 0.0776. The molecule has 0 saturated carbocycles.